The van der Waals surface area contributed by atoms with Gasteiger partial charge in [-0.25, -0.2) is 19.4 Å². The molecule has 3 fully saturated rings. The van der Waals surface area contributed by atoms with Crippen LogP contribution in [0.1, 0.15) is 99.5 Å². The third-order valence-corrected chi connectivity index (χ3v) is 11.6. The fourth-order valence-electron chi connectivity index (χ4n) is 6.67. The molecule has 1 aliphatic carbocycles. The molecule has 16 nitrogen and oxygen atoms in total. The van der Waals surface area contributed by atoms with Crippen LogP contribution in [0.25, 0.3) is 11.0 Å². The highest BCUT2D eigenvalue weighted by atomic mass is 31.2. The van der Waals surface area contributed by atoms with Crippen LogP contribution in [0.5, 0.6) is 0 Å². The average molecular weight is 728 g/mol. The van der Waals surface area contributed by atoms with Gasteiger partial charge in [-0.2, -0.15) is 5.10 Å². The third-order valence-electron chi connectivity index (χ3n) is 8.94. The van der Waals surface area contributed by atoms with Gasteiger partial charge in [-0.1, -0.05) is 12.8 Å². The summed E-state index contributed by atoms with van der Waals surface area (Å²) in [6.07, 6.45) is 2.54. The van der Waals surface area contributed by atoms with Crippen molar-refractivity contribution in [3.05, 3.63) is 12.0 Å². The van der Waals surface area contributed by atoms with E-state index < -0.39 is 61.6 Å². The van der Waals surface area contributed by atoms with Crippen molar-refractivity contribution >= 4 is 30.5 Å². The standard InChI is InChI=1S/C33H54N5O11P/c1-9-44-50(42,45-10-2)33(8,20-40)43-19-23-25-26(48-32(6,7)47-25)29(46-23)38-28-22(18-34-38)27(35-24(36-28)16-13-17-39)37(21-14-11-12-15-21)30(41)49-31(3,4)5/h18,21,23,25-26,29,39-40H,9-17,19-20H2,1-8H3/t23-,25-,26-,29-,33?/m1/s1. The van der Waals surface area contributed by atoms with Crippen molar-refractivity contribution in [1.29, 1.82) is 0 Å². The molecule has 0 aromatic carbocycles. The van der Waals surface area contributed by atoms with Crippen LogP contribution in [0.3, 0.4) is 0 Å². The number of hydrogen-bond donors (Lipinski definition) is 2. The zero-order valence-electron chi connectivity index (χ0n) is 30.5. The van der Waals surface area contributed by atoms with Crippen LogP contribution in [-0.4, -0.2) is 110 Å². The van der Waals surface area contributed by atoms with Gasteiger partial charge in [0.05, 0.1) is 38.0 Å². The number of carbonyl (C=O) groups excluding carboxylic acids is 1. The number of carbonyl (C=O) groups is 1. The molecule has 3 aliphatic rings. The Bertz CT molecular complexity index is 1520. The lowest BCUT2D eigenvalue weighted by Crippen LogP contribution is -2.43. The van der Waals surface area contributed by atoms with Crippen molar-refractivity contribution in [3.63, 3.8) is 0 Å². The van der Waals surface area contributed by atoms with Crippen LogP contribution < -0.4 is 4.90 Å². The molecule has 2 aromatic heterocycles. The predicted octanol–water partition coefficient (Wildman–Crippen LogP) is 4.84. The summed E-state index contributed by atoms with van der Waals surface area (Å²) in [6, 6.07) is -0.122. The fourth-order valence-corrected chi connectivity index (χ4v) is 8.38. The van der Waals surface area contributed by atoms with E-state index in [1.807, 2.05) is 20.8 Å². The zero-order valence-corrected chi connectivity index (χ0v) is 31.4. The Balaban J connectivity index is 1.54. The van der Waals surface area contributed by atoms with E-state index >= 15 is 0 Å². The maximum absolute atomic E-state index is 13.8. The Hall–Kier alpha value is -2.27. The summed E-state index contributed by atoms with van der Waals surface area (Å²) in [7, 11) is -3.90. The fraction of sp³-hybridized carbons (Fsp3) is 0.818. The highest BCUT2D eigenvalue weighted by Gasteiger charge is 2.58. The lowest BCUT2D eigenvalue weighted by molar-refractivity contribution is -0.206. The molecular weight excluding hydrogens is 673 g/mol. The second-order valence-corrected chi connectivity index (χ2v) is 17.0. The van der Waals surface area contributed by atoms with Gasteiger partial charge in [-0.3, -0.25) is 9.46 Å². The van der Waals surface area contributed by atoms with Crippen molar-refractivity contribution in [2.24, 2.45) is 0 Å². The van der Waals surface area contributed by atoms with E-state index in [-0.39, 0.29) is 32.5 Å². The summed E-state index contributed by atoms with van der Waals surface area (Å²) < 4.78 is 57.6. The van der Waals surface area contributed by atoms with Crippen LogP contribution in [0.4, 0.5) is 10.6 Å². The van der Waals surface area contributed by atoms with Gasteiger partial charge in [-0.05, 0) is 74.7 Å². The molecule has 50 heavy (non-hydrogen) atoms. The Kier molecular flexibility index (Phi) is 12.0. The number of aryl methyl sites for hydroxylation is 1. The molecule has 5 atom stereocenters. The number of aliphatic hydroxyl groups excluding tert-OH is 2. The highest BCUT2D eigenvalue weighted by molar-refractivity contribution is 7.55. The van der Waals surface area contributed by atoms with Crippen molar-refractivity contribution in [3.8, 4) is 0 Å². The second-order valence-electron chi connectivity index (χ2n) is 14.5. The first-order valence-electron chi connectivity index (χ1n) is 17.6. The van der Waals surface area contributed by atoms with Gasteiger partial charge < -0.3 is 42.9 Å². The zero-order chi connectivity index (χ0) is 36.5. The Labute approximate surface area is 293 Å². The monoisotopic (exact) mass is 727 g/mol. The summed E-state index contributed by atoms with van der Waals surface area (Å²) >= 11 is 0. The van der Waals surface area contributed by atoms with E-state index in [1.54, 1.807) is 43.5 Å². The van der Waals surface area contributed by atoms with Gasteiger partial charge in [0.15, 0.2) is 28.8 Å². The molecule has 1 unspecified atom stereocenters. The molecule has 2 N–H and O–H groups in total. The van der Waals surface area contributed by atoms with Crippen LogP contribution in [-0.2, 0) is 43.7 Å². The summed E-state index contributed by atoms with van der Waals surface area (Å²) in [6.45, 7) is 13.3. The quantitative estimate of drug-likeness (QED) is 0.237. The van der Waals surface area contributed by atoms with Gasteiger partial charge >= 0.3 is 13.7 Å². The normalized spacial score (nSPS) is 25.2. The minimum Gasteiger partial charge on any atom is -0.443 e. The molecule has 17 heteroatoms. The molecule has 0 spiro atoms. The maximum atomic E-state index is 13.8. The minimum absolute atomic E-state index is 0.0574. The number of amides is 1. The van der Waals surface area contributed by atoms with Crippen molar-refractivity contribution in [1.82, 2.24) is 19.7 Å². The van der Waals surface area contributed by atoms with Crippen molar-refractivity contribution < 1.29 is 52.3 Å². The van der Waals surface area contributed by atoms with E-state index in [9.17, 15) is 19.6 Å². The molecule has 5 rings (SSSR count). The number of aromatic nitrogens is 4. The van der Waals surface area contributed by atoms with Gasteiger partial charge in [0, 0.05) is 19.1 Å². The number of aliphatic hydroxyl groups is 2. The number of hydrogen-bond acceptors (Lipinski definition) is 14. The first-order chi connectivity index (χ1) is 23.6. The van der Waals surface area contributed by atoms with Crippen LogP contribution in [0.15, 0.2) is 6.20 Å². The largest absolute Gasteiger partial charge is 0.443 e. The van der Waals surface area contributed by atoms with E-state index in [1.165, 1.54) is 6.92 Å². The SMILES string of the molecule is CCOP(=O)(OCC)C(C)(CO)OC[C@H]1O[C@@H](n2ncc3c(N(C(=O)OC(C)(C)C)C4CCCC4)nc(CCCO)nc32)[C@@H]2OC(C)(C)O[C@@H]21. The highest BCUT2D eigenvalue weighted by Crippen LogP contribution is 2.60. The molecule has 0 radical (unpaired) electrons. The summed E-state index contributed by atoms with van der Waals surface area (Å²) in [5.74, 6) is -0.169. The predicted molar refractivity (Wildman–Crippen MR) is 182 cm³/mol. The number of rotatable bonds is 15. The molecule has 1 amide bonds. The molecule has 4 heterocycles. The van der Waals surface area contributed by atoms with Gasteiger partial charge in [-0.15, -0.1) is 0 Å². The molecule has 0 bridgehead atoms. The number of anilines is 1. The van der Waals surface area contributed by atoms with Gasteiger partial charge in [0.2, 0.25) is 0 Å². The van der Waals surface area contributed by atoms with Crippen molar-refractivity contribution in [2.75, 3.05) is 37.9 Å². The maximum Gasteiger partial charge on any atom is 0.416 e. The van der Waals surface area contributed by atoms with Gasteiger partial charge in [0.1, 0.15) is 29.7 Å². The molecule has 2 saturated heterocycles. The molecule has 1 saturated carbocycles. The number of ether oxygens (including phenoxy) is 5. The van der Waals surface area contributed by atoms with Gasteiger partial charge in [0.25, 0.3) is 0 Å². The lowest BCUT2D eigenvalue weighted by Gasteiger charge is -2.35. The Morgan fingerprint density at radius 1 is 1.08 bits per heavy atom. The number of nitrogens with zero attached hydrogens (tertiary/aromatic N) is 5. The van der Waals surface area contributed by atoms with Crippen LogP contribution in [0, 0.1) is 0 Å². The molecule has 282 valence electrons. The average Bonchev–Trinajstić information content (AvgIpc) is 3.83. The Morgan fingerprint density at radius 3 is 2.34 bits per heavy atom. The second kappa shape index (κ2) is 15.4. The summed E-state index contributed by atoms with van der Waals surface area (Å²) in [5.41, 5.74) is -0.323. The number of fused-ring (bicyclic) bond motifs is 2. The molecule has 2 aliphatic heterocycles. The van der Waals surface area contributed by atoms with E-state index in [4.69, 9.17) is 47.8 Å². The first-order valence-corrected chi connectivity index (χ1v) is 19.2. The summed E-state index contributed by atoms with van der Waals surface area (Å²) in [5, 5.41) is 23.5. The summed E-state index contributed by atoms with van der Waals surface area (Å²) in [4.78, 5) is 25.2. The first kappa shape index (κ1) is 38.9. The minimum atomic E-state index is -3.90. The van der Waals surface area contributed by atoms with E-state index in [0.717, 1.165) is 25.7 Å². The van der Waals surface area contributed by atoms with Crippen LogP contribution >= 0.6 is 7.60 Å². The smallest absolute Gasteiger partial charge is 0.416 e. The third kappa shape index (κ3) is 8.03. The van der Waals surface area contributed by atoms with Crippen molar-refractivity contribution in [2.45, 2.75) is 141 Å². The van der Waals surface area contributed by atoms with E-state index in [0.29, 0.717) is 35.5 Å². The molecule has 2 aromatic rings. The van der Waals surface area contributed by atoms with Crippen LogP contribution in [0.2, 0.25) is 0 Å². The lowest BCUT2D eigenvalue weighted by atomic mass is 10.1. The Morgan fingerprint density at radius 2 is 1.74 bits per heavy atom. The van der Waals surface area contributed by atoms with E-state index in [2.05, 4.69) is 0 Å². The topological polar surface area (TPSA) is 186 Å². The molecular formula is C33H54N5O11P.